The van der Waals surface area contributed by atoms with Crippen LogP contribution in [0.1, 0.15) is 25.8 Å². The summed E-state index contributed by atoms with van der Waals surface area (Å²) in [6.45, 7) is 5.24. The molecule has 112 valence electrons. The number of methoxy groups -OCH3 is 1. The summed E-state index contributed by atoms with van der Waals surface area (Å²) in [6.07, 6.45) is 0.125. The Hall–Kier alpha value is -1.27. The summed E-state index contributed by atoms with van der Waals surface area (Å²) < 4.78 is 11.4. The lowest BCUT2D eigenvalue weighted by Gasteiger charge is -2.16. The molecular formula is C14H20BrNO4. The zero-order valence-electron chi connectivity index (χ0n) is 11.9. The Morgan fingerprint density at radius 1 is 1.50 bits per heavy atom. The number of hydrogen-bond acceptors (Lipinski definition) is 4. The van der Waals surface area contributed by atoms with Gasteiger partial charge in [0.2, 0.25) is 0 Å². The number of ether oxygens (including phenoxy) is 2. The number of benzene rings is 1. The molecule has 1 unspecified atom stereocenters. The van der Waals surface area contributed by atoms with Gasteiger partial charge < -0.3 is 19.9 Å². The first kappa shape index (κ1) is 16.8. The van der Waals surface area contributed by atoms with Crippen LogP contribution in [-0.4, -0.2) is 30.8 Å². The number of carbonyl (C=O) groups is 1. The van der Waals surface area contributed by atoms with Gasteiger partial charge >= 0.3 is 5.97 Å². The Morgan fingerprint density at radius 3 is 2.75 bits per heavy atom. The highest BCUT2D eigenvalue weighted by Gasteiger charge is 2.18. The van der Waals surface area contributed by atoms with Crippen molar-refractivity contribution in [2.45, 2.75) is 32.9 Å². The normalized spacial score (nSPS) is 12.0. The molecule has 1 aromatic carbocycles. The SMILES string of the molecule is CCCNCc1cc(Br)c(OC(C)C(=O)O)c(OC)c1. The van der Waals surface area contributed by atoms with Gasteiger partial charge in [-0.2, -0.15) is 0 Å². The zero-order valence-corrected chi connectivity index (χ0v) is 13.5. The van der Waals surface area contributed by atoms with E-state index in [-0.39, 0.29) is 0 Å². The minimum absolute atomic E-state index is 0.404. The molecule has 1 aromatic rings. The lowest BCUT2D eigenvalue weighted by atomic mass is 10.2. The molecule has 2 N–H and O–H groups in total. The predicted octanol–water partition coefficient (Wildman–Crippen LogP) is 2.81. The molecule has 6 heteroatoms. The smallest absolute Gasteiger partial charge is 0.344 e. The first-order valence-electron chi connectivity index (χ1n) is 6.46. The number of rotatable bonds is 8. The fourth-order valence-electron chi connectivity index (χ4n) is 1.63. The van der Waals surface area contributed by atoms with Crippen molar-refractivity contribution < 1.29 is 19.4 Å². The fraction of sp³-hybridized carbons (Fsp3) is 0.500. The van der Waals surface area contributed by atoms with Crippen LogP contribution in [0.15, 0.2) is 16.6 Å². The second-order valence-electron chi connectivity index (χ2n) is 4.38. The van der Waals surface area contributed by atoms with Gasteiger partial charge in [0, 0.05) is 6.54 Å². The first-order valence-corrected chi connectivity index (χ1v) is 7.25. The molecule has 0 bridgehead atoms. The van der Waals surface area contributed by atoms with Gasteiger partial charge in [-0.25, -0.2) is 4.79 Å². The van der Waals surface area contributed by atoms with E-state index in [1.54, 1.807) is 0 Å². The third-order valence-corrected chi connectivity index (χ3v) is 3.28. The molecule has 0 saturated heterocycles. The van der Waals surface area contributed by atoms with Crippen LogP contribution in [0.3, 0.4) is 0 Å². The maximum atomic E-state index is 10.9. The van der Waals surface area contributed by atoms with Crippen molar-refractivity contribution in [2.75, 3.05) is 13.7 Å². The van der Waals surface area contributed by atoms with Gasteiger partial charge in [-0.05, 0) is 53.5 Å². The van der Waals surface area contributed by atoms with Crippen LogP contribution in [0.5, 0.6) is 11.5 Å². The molecule has 0 aromatic heterocycles. The van der Waals surface area contributed by atoms with Gasteiger partial charge in [0.15, 0.2) is 17.6 Å². The first-order chi connectivity index (χ1) is 9.49. The number of carboxylic acids is 1. The summed E-state index contributed by atoms with van der Waals surface area (Å²) in [6, 6.07) is 3.74. The van der Waals surface area contributed by atoms with Crippen molar-refractivity contribution in [3.8, 4) is 11.5 Å². The number of halogens is 1. The van der Waals surface area contributed by atoms with Gasteiger partial charge in [0.25, 0.3) is 0 Å². The molecular weight excluding hydrogens is 326 g/mol. The van der Waals surface area contributed by atoms with E-state index in [1.165, 1.54) is 14.0 Å². The Balaban J connectivity index is 2.92. The van der Waals surface area contributed by atoms with Gasteiger partial charge in [0.05, 0.1) is 11.6 Å². The van der Waals surface area contributed by atoms with Crippen LogP contribution in [0.2, 0.25) is 0 Å². The lowest BCUT2D eigenvalue weighted by molar-refractivity contribution is -0.144. The molecule has 0 fully saturated rings. The van der Waals surface area contributed by atoms with Crippen molar-refractivity contribution in [2.24, 2.45) is 0 Å². The van der Waals surface area contributed by atoms with Crippen LogP contribution < -0.4 is 14.8 Å². The van der Waals surface area contributed by atoms with Crippen LogP contribution in [0.4, 0.5) is 0 Å². The topological polar surface area (TPSA) is 67.8 Å². The Kier molecular flexibility index (Phi) is 6.81. The number of nitrogens with one attached hydrogen (secondary N) is 1. The second kappa shape index (κ2) is 8.11. The molecule has 0 spiro atoms. The van der Waals surface area contributed by atoms with Crippen molar-refractivity contribution in [1.29, 1.82) is 0 Å². The van der Waals surface area contributed by atoms with Crippen molar-refractivity contribution in [1.82, 2.24) is 5.32 Å². The molecule has 0 radical (unpaired) electrons. The molecule has 0 heterocycles. The molecule has 0 aliphatic carbocycles. The Labute approximate surface area is 127 Å². The fourth-order valence-corrected chi connectivity index (χ4v) is 2.21. The minimum atomic E-state index is -1.02. The quantitative estimate of drug-likeness (QED) is 0.709. The number of hydrogen-bond donors (Lipinski definition) is 2. The maximum Gasteiger partial charge on any atom is 0.344 e. The van der Waals surface area contributed by atoms with E-state index in [2.05, 4.69) is 28.2 Å². The molecule has 1 atom stereocenters. The molecule has 5 nitrogen and oxygen atoms in total. The van der Waals surface area contributed by atoms with Gasteiger partial charge in [-0.15, -0.1) is 0 Å². The van der Waals surface area contributed by atoms with Crippen molar-refractivity contribution >= 4 is 21.9 Å². The third kappa shape index (κ3) is 4.68. The molecule has 1 rings (SSSR count). The van der Waals surface area contributed by atoms with Crippen molar-refractivity contribution in [3.63, 3.8) is 0 Å². The van der Waals surface area contributed by atoms with E-state index in [0.717, 1.165) is 25.1 Å². The third-order valence-electron chi connectivity index (χ3n) is 2.69. The lowest BCUT2D eigenvalue weighted by Crippen LogP contribution is -2.23. The molecule has 0 aliphatic heterocycles. The highest BCUT2D eigenvalue weighted by molar-refractivity contribution is 9.10. The summed E-state index contributed by atoms with van der Waals surface area (Å²) in [7, 11) is 1.53. The van der Waals surface area contributed by atoms with Crippen LogP contribution >= 0.6 is 15.9 Å². The summed E-state index contributed by atoms with van der Waals surface area (Å²) in [4.78, 5) is 10.9. The van der Waals surface area contributed by atoms with Gasteiger partial charge in [-0.1, -0.05) is 6.92 Å². The maximum absolute atomic E-state index is 10.9. The highest BCUT2D eigenvalue weighted by Crippen LogP contribution is 2.37. The van der Waals surface area contributed by atoms with E-state index in [1.807, 2.05) is 12.1 Å². The average molecular weight is 346 g/mol. The van der Waals surface area contributed by atoms with E-state index in [9.17, 15) is 4.79 Å². The van der Waals surface area contributed by atoms with Crippen LogP contribution in [-0.2, 0) is 11.3 Å². The molecule has 0 saturated carbocycles. The van der Waals surface area contributed by atoms with Crippen molar-refractivity contribution in [3.05, 3.63) is 22.2 Å². The Bertz CT molecular complexity index is 465. The summed E-state index contributed by atoms with van der Waals surface area (Å²) >= 11 is 3.40. The van der Waals surface area contributed by atoms with E-state index >= 15 is 0 Å². The number of aliphatic carboxylic acids is 1. The van der Waals surface area contributed by atoms with Crippen LogP contribution in [0.25, 0.3) is 0 Å². The molecule has 20 heavy (non-hydrogen) atoms. The second-order valence-corrected chi connectivity index (χ2v) is 5.24. The minimum Gasteiger partial charge on any atom is -0.493 e. The van der Waals surface area contributed by atoms with Gasteiger partial charge in [0.1, 0.15) is 0 Å². The summed E-state index contributed by atoms with van der Waals surface area (Å²) in [5.41, 5.74) is 1.04. The molecule has 0 aliphatic rings. The standard InChI is InChI=1S/C14H20BrNO4/c1-4-5-16-8-10-6-11(15)13(12(7-10)19-3)20-9(2)14(17)18/h6-7,9,16H,4-5,8H2,1-3H3,(H,17,18). The highest BCUT2D eigenvalue weighted by atomic mass is 79.9. The average Bonchev–Trinajstić information content (AvgIpc) is 2.41. The predicted molar refractivity (Wildman–Crippen MR) is 80.4 cm³/mol. The van der Waals surface area contributed by atoms with Crippen LogP contribution in [0, 0.1) is 0 Å². The van der Waals surface area contributed by atoms with E-state index < -0.39 is 12.1 Å². The largest absolute Gasteiger partial charge is 0.493 e. The molecule has 0 amide bonds. The van der Waals surface area contributed by atoms with Gasteiger partial charge in [-0.3, -0.25) is 0 Å². The monoisotopic (exact) mass is 345 g/mol. The van der Waals surface area contributed by atoms with E-state index in [4.69, 9.17) is 14.6 Å². The summed E-state index contributed by atoms with van der Waals surface area (Å²) in [5, 5.41) is 12.2. The zero-order chi connectivity index (χ0) is 15.1. The Morgan fingerprint density at radius 2 is 2.20 bits per heavy atom. The number of carboxylic acid groups (broad SMARTS) is 1. The van der Waals surface area contributed by atoms with E-state index in [0.29, 0.717) is 16.0 Å². The summed E-state index contributed by atoms with van der Waals surface area (Å²) in [5.74, 6) is -0.102.